The van der Waals surface area contributed by atoms with E-state index in [1.807, 2.05) is 20.8 Å². The topological polar surface area (TPSA) is 83.8 Å². The highest BCUT2D eigenvalue weighted by molar-refractivity contribution is 7.46. The molecule has 0 aromatic heterocycles. The molecule has 2 N–H and O–H groups in total. The molecule has 0 spiro atoms. The molecule has 0 saturated carbocycles. The average molecular weight is 272 g/mol. The first kappa shape index (κ1) is 14.9. The van der Waals surface area contributed by atoms with E-state index in [-0.39, 0.29) is 11.7 Å². The molecule has 18 heavy (non-hydrogen) atoms. The Morgan fingerprint density at radius 3 is 2.22 bits per heavy atom. The first-order valence-corrected chi connectivity index (χ1v) is 7.04. The maximum absolute atomic E-state index is 11.1. The van der Waals surface area contributed by atoms with E-state index in [9.17, 15) is 9.36 Å². The van der Waals surface area contributed by atoms with Crippen LogP contribution >= 0.6 is 7.82 Å². The number of phosphoric acid groups is 1. The molecule has 0 atom stereocenters. The highest BCUT2D eigenvalue weighted by Crippen LogP contribution is 2.41. The largest absolute Gasteiger partial charge is 0.524 e. The zero-order valence-corrected chi connectivity index (χ0v) is 11.7. The number of aldehydes is 1. The molecule has 1 aromatic carbocycles. The van der Waals surface area contributed by atoms with Crippen LogP contribution in [0, 0.1) is 13.8 Å². The zero-order chi connectivity index (χ0) is 14.1. The molecule has 0 heterocycles. The van der Waals surface area contributed by atoms with Gasteiger partial charge >= 0.3 is 7.82 Å². The second-order valence-electron chi connectivity index (χ2n) is 4.48. The first-order valence-electron chi connectivity index (χ1n) is 5.51. The predicted octanol–water partition coefficient (Wildman–Crippen LogP) is 2.71. The fourth-order valence-corrected chi connectivity index (χ4v) is 2.37. The molecule has 6 heteroatoms. The minimum atomic E-state index is -4.63. The van der Waals surface area contributed by atoms with Crippen molar-refractivity contribution in [2.45, 2.75) is 33.6 Å². The Bertz CT molecular complexity index is 516. The second kappa shape index (κ2) is 5.22. The zero-order valence-electron chi connectivity index (χ0n) is 10.8. The van der Waals surface area contributed by atoms with E-state index in [0.717, 1.165) is 11.1 Å². The molecule has 1 aromatic rings. The Morgan fingerprint density at radius 2 is 1.83 bits per heavy atom. The summed E-state index contributed by atoms with van der Waals surface area (Å²) in [5.41, 5.74) is 2.52. The van der Waals surface area contributed by atoms with E-state index in [2.05, 4.69) is 4.52 Å². The molecule has 0 aliphatic carbocycles. The molecule has 0 unspecified atom stereocenters. The summed E-state index contributed by atoms with van der Waals surface area (Å²) in [6.45, 7) is 7.29. The number of rotatable bonds is 4. The molecule has 0 aliphatic rings. The first-order chi connectivity index (χ1) is 8.17. The minimum Gasteiger partial charge on any atom is -0.404 e. The van der Waals surface area contributed by atoms with Crippen LogP contribution in [-0.2, 0) is 4.57 Å². The Labute approximate surface area is 106 Å². The smallest absolute Gasteiger partial charge is 0.404 e. The fraction of sp³-hybridized carbons (Fsp3) is 0.417. The summed E-state index contributed by atoms with van der Waals surface area (Å²) in [5, 5.41) is 0. The summed E-state index contributed by atoms with van der Waals surface area (Å²) >= 11 is 0. The van der Waals surface area contributed by atoms with E-state index >= 15 is 0 Å². The Balaban J connectivity index is 3.48. The van der Waals surface area contributed by atoms with Crippen LogP contribution in [0.3, 0.4) is 0 Å². The van der Waals surface area contributed by atoms with Gasteiger partial charge in [-0.05, 0) is 37.0 Å². The van der Waals surface area contributed by atoms with E-state index in [0.29, 0.717) is 17.4 Å². The average Bonchev–Trinajstić information content (AvgIpc) is 2.20. The van der Waals surface area contributed by atoms with Gasteiger partial charge in [-0.1, -0.05) is 13.8 Å². The Morgan fingerprint density at radius 1 is 1.28 bits per heavy atom. The standard InChI is InChI=1S/C12H17O5P/c1-7(2)10-5-12(17-18(14,15)16)9(4)11(6-13)8(10)3/h5-7H,1-4H3,(H2,14,15,16). The molecule has 0 saturated heterocycles. The molecule has 0 aliphatic heterocycles. The SMILES string of the molecule is Cc1c(OP(=O)(O)O)cc(C(C)C)c(C)c1C=O. The van der Waals surface area contributed by atoms with Gasteiger partial charge < -0.3 is 4.52 Å². The predicted molar refractivity (Wildman–Crippen MR) is 68.1 cm³/mol. The van der Waals surface area contributed by atoms with Crippen LogP contribution in [0.15, 0.2) is 6.07 Å². The summed E-state index contributed by atoms with van der Waals surface area (Å²) in [4.78, 5) is 28.8. The third-order valence-corrected chi connectivity index (χ3v) is 3.29. The molecular weight excluding hydrogens is 255 g/mol. The van der Waals surface area contributed by atoms with Gasteiger partial charge in [0.1, 0.15) is 5.75 Å². The monoisotopic (exact) mass is 272 g/mol. The van der Waals surface area contributed by atoms with Gasteiger partial charge in [0.05, 0.1) is 0 Å². The fourth-order valence-electron chi connectivity index (χ4n) is 1.93. The molecule has 100 valence electrons. The van der Waals surface area contributed by atoms with Crippen LogP contribution in [0.2, 0.25) is 0 Å². The van der Waals surface area contributed by atoms with Crippen molar-refractivity contribution >= 4 is 14.1 Å². The van der Waals surface area contributed by atoms with Gasteiger partial charge in [-0.25, -0.2) is 4.57 Å². The number of carbonyl (C=O) groups excluding carboxylic acids is 1. The van der Waals surface area contributed by atoms with Crippen LogP contribution < -0.4 is 4.52 Å². The van der Waals surface area contributed by atoms with Crippen LogP contribution in [0.25, 0.3) is 0 Å². The number of benzene rings is 1. The summed E-state index contributed by atoms with van der Waals surface area (Å²) in [6.07, 6.45) is 0.684. The molecule has 0 fully saturated rings. The van der Waals surface area contributed by atoms with Crippen molar-refractivity contribution in [2.75, 3.05) is 0 Å². The van der Waals surface area contributed by atoms with Crippen molar-refractivity contribution in [3.05, 3.63) is 28.3 Å². The molecule has 0 radical (unpaired) electrons. The highest BCUT2D eigenvalue weighted by Gasteiger charge is 2.21. The van der Waals surface area contributed by atoms with Crippen molar-refractivity contribution in [3.63, 3.8) is 0 Å². The van der Waals surface area contributed by atoms with Crippen molar-refractivity contribution in [2.24, 2.45) is 0 Å². The summed E-state index contributed by atoms with van der Waals surface area (Å²) in [6, 6.07) is 1.58. The molecule has 0 bridgehead atoms. The third kappa shape index (κ3) is 3.19. The second-order valence-corrected chi connectivity index (χ2v) is 5.65. The molecule has 1 rings (SSSR count). The van der Waals surface area contributed by atoms with Crippen LogP contribution in [0.4, 0.5) is 0 Å². The van der Waals surface area contributed by atoms with Gasteiger partial charge in [0, 0.05) is 11.1 Å². The van der Waals surface area contributed by atoms with E-state index in [4.69, 9.17) is 9.79 Å². The van der Waals surface area contributed by atoms with E-state index in [1.54, 1.807) is 13.0 Å². The summed E-state index contributed by atoms with van der Waals surface area (Å²) in [5.74, 6) is 0.183. The maximum atomic E-state index is 11.1. The summed E-state index contributed by atoms with van der Waals surface area (Å²) < 4.78 is 15.5. The highest BCUT2D eigenvalue weighted by atomic mass is 31.2. The molecular formula is C12H17O5P. The number of carbonyl (C=O) groups is 1. The van der Waals surface area contributed by atoms with Crippen molar-refractivity contribution in [3.8, 4) is 5.75 Å². The van der Waals surface area contributed by atoms with Crippen LogP contribution in [0.1, 0.15) is 46.8 Å². The Kier molecular flexibility index (Phi) is 4.32. The third-order valence-electron chi connectivity index (χ3n) is 2.85. The lowest BCUT2D eigenvalue weighted by Crippen LogP contribution is -2.03. The normalized spacial score (nSPS) is 11.7. The van der Waals surface area contributed by atoms with Crippen molar-refractivity contribution in [1.29, 1.82) is 0 Å². The Hall–Kier alpha value is -1.16. The lowest BCUT2D eigenvalue weighted by Gasteiger charge is -2.18. The minimum absolute atomic E-state index is 0.0553. The quantitative estimate of drug-likeness (QED) is 0.650. The molecule has 5 nitrogen and oxygen atoms in total. The van der Waals surface area contributed by atoms with Gasteiger partial charge in [0.2, 0.25) is 0 Å². The van der Waals surface area contributed by atoms with Gasteiger partial charge in [0.25, 0.3) is 0 Å². The van der Waals surface area contributed by atoms with Crippen molar-refractivity contribution < 1.29 is 23.7 Å². The lowest BCUT2D eigenvalue weighted by atomic mass is 9.91. The lowest BCUT2D eigenvalue weighted by molar-refractivity contribution is 0.112. The van der Waals surface area contributed by atoms with Gasteiger partial charge in [-0.2, -0.15) is 0 Å². The van der Waals surface area contributed by atoms with Crippen LogP contribution in [0.5, 0.6) is 5.75 Å². The van der Waals surface area contributed by atoms with Gasteiger partial charge in [0.15, 0.2) is 6.29 Å². The summed E-state index contributed by atoms with van der Waals surface area (Å²) in [7, 11) is -4.63. The van der Waals surface area contributed by atoms with E-state index < -0.39 is 7.82 Å². The van der Waals surface area contributed by atoms with Gasteiger partial charge in [-0.15, -0.1) is 0 Å². The number of hydrogen-bond donors (Lipinski definition) is 2. The van der Waals surface area contributed by atoms with Gasteiger partial charge in [-0.3, -0.25) is 14.6 Å². The number of hydrogen-bond acceptors (Lipinski definition) is 3. The van der Waals surface area contributed by atoms with Crippen LogP contribution in [-0.4, -0.2) is 16.1 Å². The molecule has 0 amide bonds. The van der Waals surface area contributed by atoms with Crippen molar-refractivity contribution in [1.82, 2.24) is 0 Å². The maximum Gasteiger partial charge on any atom is 0.524 e. The number of phosphoric ester groups is 1. The van der Waals surface area contributed by atoms with E-state index in [1.165, 1.54) is 0 Å².